The first kappa shape index (κ1) is 20.1. The molecule has 4 aromatic rings. The molecule has 1 N–H and O–H groups in total. The van der Waals surface area contributed by atoms with Crippen molar-refractivity contribution in [3.63, 3.8) is 0 Å². The maximum absolute atomic E-state index is 13.2. The van der Waals surface area contributed by atoms with Crippen molar-refractivity contribution in [1.29, 1.82) is 0 Å². The SMILES string of the molecule is Cc1nc2nc(N[C@@H](C)c3ccccc3)nc(C(=O)C[C@@H](C)c3cccnc3)c2s1. The van der Waals surface area contributed by atoms with Gasteiger partial charge in [0.1, 0.15) is 10.4 Å². The molecule has 152 valence electrons. The van der Waals surface area contributed by atoms with Crippen molar-refractivity contribution in [1.82, 2.24) is 19.9 Å². The van der Waals surface area contributed by atoms with E-state index in [0.717, 1.165) is 20.8 Å². The number of anilines is 1. The van der Waals surface area contributed by atoms with Crippen molar-refractivity contribution in [3.05, 3.63) is 76.7 Å². The summed E-state index contributed by atoms with van der Waals surface area (Å²) in [5.74, 6) is 0.448. The van der Waals surface area contributed by atoms with Crippen molar-refractivity contribution in [3.8, 4) is 0 Å². The van der Waals surface area contributed by atoms with Crippen LogP contribution in [0.1, 0.15) is 58.9 Å². The Balaban J connectivity index is 1.64. The molecule has 0 amide bonds. The minimum Gasteiger partial charge on any atom is -0.348 e. The number of benzene rings is 1. The molecule has 0 bridgehead atoms. The van der Waals surface area contributed by atoms with Gasteiger partial charge in [0.15, 0.2) is 11.4 Å². The average molecular weight is 418 g/mol. The number of fused-ring (bicyclic) bond motifs is 1. The van der Waals surface area contributed by atoms with E-state index in [4.69, 9.17) is 0 Å². The second-order valence-corrected chi connectivity index (χ2v) is 8.58. The Morgan fingerprint density at radius 2 is 1.80 bits per heavy atom. The molecule has 6 nitrogen and oxygen atoms in total. The molecule has 0 aliphatic carbocycles. The number of aromatic nitrogens is 4. The van der Waals surface area contributed by atoms with E-state index in [1.165, 1.54) is 11.3 Å². The van der Waals surface area contributed by atoms with Gasteiger partial charge in [0.05, 0.1) is 11.0 Å². The molecular formula is C23H23N5OS. The summed E-state index contributed by atoms with van der Waals surface area (Å²) in [6, 6.07) is 13.9. The smallest absolute Gasteiger partial charge is 0.225 e. The first-order valence-electron chi connectivity index (χ1n) is 9.91. The molecule has 0 aliphatic heterocycles. The standard InChI is InChI=1S/C23H23N5OS/c1-14(18-10-7-11-24-13-18)12-19(29)20-21-22(26-16(3)30-21)28-23(27-20)25-15(2)17-8-5-4-6-9-17/h4-11,13-15H,12H2,1-3H3,(H,25,27,28)/t14-,15+/m1/s1. The first-order chi connectivity index (χ1) is 14.5. The summed E-state index contributed by atoms with van der Waals surface area (Å²) >= 11 is 1.46. The van der Waals surface area contributed by atoms with Crippen LogP contribution in [0.15, 0.2) is 54.9 Å². The summed E-state index contributed by atoms with van der Waals surface area (Å²) in [6.45, 7) is 5.99. The number of Topliss-reactive ketones (excluding diaryl/α,β-unsaturated/α-hetero) is 1. The third-order valence-electron chi connectivity index (χ3n) is 5.02. The second kappa shape index (κ2) is 8.67. The molecule has 3 heterocycles. The van der Waals surface area contributed by atoms with Gasteiger partial charge in [-0.1, -0.05) is 43.3 Å². The summed E-state index contributed by atoms with van der Waals surface area (Å²) < 4.78 is 0.744. The monoisotopic (exact) mass is 417 g/mol. The number of hydrogen-bond acceptors (Lipinski definition) is 7. The zero-order valence-electron chi connectivity index (χ0n) is 17.2. The zero-order valence-corrected chi connectivity index (χ0v) is 18.0. The van der Waals surface area contributed by atoms with Crippen molar-refractivity contribution in [2.45, 2.75) is 39.2 Å². The molecule has 7 heteroatoms. The van der Waals surface area contributed by atoms with E-state index >= 15 is 0 Å². The van der Waals surface area contributed by atoms with Gasteiger partial charge in [-0.25, -0.2) is 9.97 Å². The minimum atomic E-state index is -0.0159. The highest BCUT2D eigenvalue weighted by molar-refractivity contribution is 7.18. The number of nitrogens with zero attached hydrogens (tertiary/aromatic N) is 4. The normalized spacial score (nSPS) is 13.2. The average Bonchev–Trinajstić information content (AvgIpc) is 3.14. The zero-order chi connectivity index (χ0) is 21.1. The van der Waals surface area contributed by atoms with E-state index in [9.17, 15) is 4.79 Å². The van der Waals surface area contributed by atoms with Gasteiger partial charge in [0.25, 0.3) is 0 Å². The topological polar surface area (TPSA) is 80.7 Å². The fourth-order valence-electron chi connectivity index (χ4n) is 3.36. The first-order valence-corrected chi connectivity index (χ1v) is 10.7. The number of carbonyl (C=O) groups is 1. The van der Waals surface area contributed by atoms with Crippen molar-refractivity contribution in [2.24, 2.45) is 0 Å². The molecule has 0 saturated carbocycles. The molecule has 0 spiro atoms. The number of rotatable bonds is 7. The second-order valence-electron chi connectivity index (χ2n) is 7.37. The molecule has 0 unspecified atom stereocenters. The van der Waals surface area contributed by atoms with E-state index in [1.807, 2.05) is 63.2 Å². The van der Waals surface area contributed by atoms with Gasteiger partial charge in [-0.3, -0.25) is 9.78 Å². The highest BCUT2D eigenvalue weighted by atomic mass is 32.1. The van der Waals surface area contributed by atoms with Gasteiger partial charge in [-0.2, -0.15) is 4.98 Å². The Morgan fingerprint density at radius 3 is 2.53 bits per heavy atom. The molecule has 30 heavy (non-hydrogen) atoms. The number of carbonyl (C=O) groups excluding carboxylic acids is 1. The van der Waals surface area contributed by atoms with Gasteiger partial charge in [0, 0.05) is 18.8 Å². The lowest BCUT2D eigenvalue weighted by atomic mass is 9.96. The van der Waals surface area contributed by atoms with E-state index in [1.54, 1.807) is 12.4 Å². The third-order valence-corrected chi connectivity index (χ3v) is 5.98. The fourth-order valence-corrected chi connectivity index (χ4v) is 4.23. The van der Waals surface area contributed by atoms with E-state index in [0.29, 0.717) is 23.7 Å². The van der Waals surface area contributed by atoms with Crippen LogP contribution in [-0.2, 0) is 0 Å². The van der Waals surface area contributed by atoms with Crippen molar-refractivity contribution in [2.75, 3.05) is 5.32 Å². The van der Waals surface area contributed by atoms with Crippen LogP contribution in [0.5, 0.6) is 0 Å². The Labute approximate surface area is 179 Å². The van der Waals surface area contributed by atoms with Crippen LogP contribution in [0.2, 0.25) is 0 Å². The number of thiazole rings is 1. The quantitative estimate of drug-likeness (QED) is 0.409. The van der Waals surface area contributed by atoms with Gasteiger partial charge in [0.2, 0.25) is 5.95 Å². The molecular weight excluding hydrogens is 394 g/mol. The molecule has 2 atom stereocenters. The molecule has 0 fully saturated rings. The predicted octanol–water partition coefficient (Wildman–Crippen LogP) is 5.34. The lowest BCUT2D eigenvalue weighted by molar-refractivity contribution is 0.0972. The lowest BCUT2D eigenvalue weighted by Crippen LogP contribution is -2.13. The van der Waals surface area contributed by atoms with Gasteiger partial charge < -0.3 is 5.32 Å². The summed E-state index contributed by atoms with van der Waals surface area (Å²) in [6.07, 6.45) is 3.89. The van der Waals surface area contributed by atoms with E-state index < -0.39 is 0 Å². The predicted molar refractivity (Wildman–Crippen MR) is 120 cm³/mol. The molecule has 0 radical (unpaired) electrons. The van der Waals surface area contributed by atoms with Crippen LogP contribution in [-0.4, -0.2) is 25.7 Å². The Morgan fingerprint density at radius 1 is 1.03 bits per heavy atom. The Hall–Kier alpha value is -3.19. The maximum Gasteiger partial charge on any atom is 0.225 e. The number of nitrogens with one attached hydrogen (secondary N) is 1. The fraction of sp³-hybridized carbons (Fsp3) is 0.261. The van der Waals surface area contributed by atoms with Crippen LogP contribution in [0.3, 0.4) is 0 Å². The summed E-state index contributed by atoms with van der Waals surface area (Å²) in [4.78, 5) is 31.0. The largest absolute Gasteiger partial charge is 0.348 e. The Kier molecular flexibility index (Phi) is 5.81. The number of ketones is 1. The number of aryl methyl sites for hydroxylation is 1. The molecule has 1 aromatic carbocycles. The summed E-state index contributed by atoms with van der Waals surface area (Å²) in [5, 5.41) is 4.18. The van der Waals surface area contributed by atoms with Gasteiger partial charge >= 0.3 is 0 Å². The molecule has 3 aromatic heterocycles. The van der Waals surface area contributed by atoms with E-state index in [2.05, 4.69) is 25.3 Å². The van der Waals surface area contributed by atoms with Crippen molar-refractivity contribution < 1.29 is 4.79 Å². The Bertz CT molecular complexity index is 1160. The van der Waals surface area contributed by atoms with Crippen LogP contribution in [0.25, 0.3) is 10.3 Å². The number of hydrogen-bond donors (Lipinski definition) is 1. The number of pyridine rings is 1. The molecule has 4 rings (SSSR count). The minimum absolute atomic E-state index is 0.000603. The molecule has 0 aliphatic rings. The lowest BCUT2D eigenvalue weighted by Gasteiger charge is -2.15. The van der Waals surface area contributed by atoms with Gasteiger partial charge in [-0.05, 0) is 37.0 Å². The third kappa shape index (κ3) is 4.36. The summed E-state index contributed by atoms with van der Waals surface area (Å²) in [7, 11) is 0. The van der Waals surface area contributed by atoms with Crippen LogP contribution >= 0.6 is 11.3 Å². The van der Waals surface area contributed by atoms with Crippen molar-refractivity contribution >= 4 is 33.4 Å². The van der Waals surface area contributed by atoms with Gasteiger partial charge in [-0.15, -0.1) is 11.3 Å². The highest BCUT2D eigenvalue weighted by Crippen LogP contribution is 2.28. The maximum atomic E-state index is 13.2. The van der Waals surface area contributed by atoms with Crippen LogP contribution in [0, 0.1) is 6.92 Å². The molecule has 0 saturated heterocycles. The van der Waals surface area contributed by atoms with Crippen LogP contribution < -0.4 is 5.32 Å². The summed E-state index contributed by atoms with van der Waals surface area (Å²) in [5.41, 5.74) is 3.15. The van der Waals surface area contributed by atoms with E-state index in [-0.39, 0.29) is 17.7 Å². The van der Waals surface area contributed by atoms with Crippen LogP contribution in [0.4, 0.5) is 5.95 Å². The highest BCUT2D eigenvalue weighted by Gasteiger charge is 2.21.